The average molecular weight is 331 g/mol. The third-order valence-electron chi connectivity index (χ3n) is 4.31. The zero-order valence-corrected chi connectivity index (χ0v) is 13.8. The number of benzene rings is 1. The van der Waals surface area contributed by atoms with E-state index in [0.717, 1.165) is 34.0 Å². The number of rotatable bonds is 4. The van der Waals surface area contributed by atoms with Crippen LogP contribution in [0.15, 0.2) is 60.9 Å². The molecule has 3 aromatic rings. The summed E-state index contributed by atoms with van der Waals surface area (Å²) in [7, 11) is 1.65. The van der Waals surface area contributed by atoms with Gasteiger partial charge in [-0.15, -0.1) is 0 Å². The summed E-state index contributed by atoms with van der Waals surface area (Å²) < 4.78 is 5.29. The highest BCUT2D eigenvalue weighted by Crippen LogP contribution is 2.33. The van der Waals surface area contributed by atoms with Crippen LogP contribution in [0.3, 0.4) is 0 Å². The van der Waals surface area contributed by atoms with Crippen molar-refractivity contribution < 1.29 is 9.53 Å². The molecule has 0 radical (unpaired) electrons. The zero-order chi connectivity index (χ0) is 17.2. The fraction of sp³-hybridized carbons (Fsp3) is 0.150. The molecule has 4 rings (SSSR count). The number of hydrogen-bond acceptors (Lipinski definition) is 4. The number of hydrogen-bond donors (Lipinski definition) is 0. The molecule has 0 spiro atoms. The molecule has 124 valence electrons. The second-order valence-corrected chi connectivity index (χ2v) is 5.90. The van der Waals surface area contributed by atoms with Gasteiger partial charge in [0, 0.05) is 18.0 Å². The van der Waals surface area contributed by atoms with E-state index < -0.39 is 0 Å². The molecule has 0 saturated heterocycles. The van der Waals surface area contributed by atoms with Crippen molar-refractivity contribution in [3.8, 4) is 16.9 Å². The van der Waals surface area contributed by atoms with E-state index in [1.54, 1.807) is 18.2 Å². The van der Waals surface area contributed by atoms with Crippen molar-refractivity contribution in [1.82, 2.24) is 9.97 Å². The van der Waals surface area contributed by atoms with E-state index >= 15 is 0 Å². The van der Waals surface area contributed by atoms with Crippen LogP contribution in [-0.4, -0.2) is 23.0 Å². The summed E-state index contributed by atoms with van der Waals surface area (Å²) in [5, 5.41) is 0. The van der Waals surface area contributed by atoms with Crippen LogP contribution < -0.4 is 9.64 Å². The lowest BCUT2D eigenvalue weighted by Gasteiger charge is -2.17. The Morgan fingerprint density at radius 3 is 2.80 bits per heavy atom. The molecular weight excluding hydrogens is 314 g/mol. The molecule has 0 atom stereocenters. The molecule has 0 fully saturated rings. The van der Waals surface area contributed by atoms with Gasteiger partial charge in [0.05, 0.1) is 37.2 Å². The van der Waals surface area contributed by atoms with Gasteiger partial charge >= 0.3 is 0 Å². The molecular formula is C20H17N3O2. The van der Waals surface area contributed by atoms with Crippen LogP contribution in [0.4, 0.5) is 5.69 Å². The van der Waals surface area contributed by atoms with Gasteiger partial charge < -0.3 is 9.64 Å². The van der Waals surface area contributed by atoms with Crippen LogP contribution in [0, 0.1) is 0 Å². The van der Waals surface area contributed by atoms with Gasteiger partial charge in [-0.2, -0.15) is 0 Å². The molecule has 2 aromatic heterocycles. The van der Waals surface area contributed by atoms with Crippen LogP contribution in [0.1, 0.15) is 11.4 Å². The zero-order valence-electron chi connectivity index (χ0n) is 13.8. The molecule has 0 saturated carbocycles. The Labute approximate surface area is 145 Å². The van der Waals surface area contributed by atoms with Crippen molar-refractivity contribution in [2.24, 2.45) is 0 Å². The SMILES string of the molecule is COc1cccc(-c2cnc3c(c2)N(Cc2ccccn2)C(=O)C3)c1. The van der Waals surface area contributed by atoms with Gasteiger partial charge in [-0.05, 0) is 35.9 Å². The highest BCUT2D eigenvalue weighted by molar-refractivity contribution is 6.01. The maximum Gasteiger partial charge on any atom is 0.233 e. The number of ether oxygens (including phenoxy) is 1. The standard InChI is InChI=1S/C20H17N3O2/c1-25-17-7-4-5-14(9-17)15-10-19-18(22-12-15)11-20(24)23(19)13-16-6-2-3-8-21-16/h2-10,12H,11,13H2,1H3. The third kappa shape index (κ3) is 2.96. The minimum Gasteiger partial charge on any atom is -0.497 e. The van der Waals surface area contributed by atoms with Crippen molar-refractivity contribution in [2.75, 3.05) is 12.0 Å². The van der Waals surface area contributed by atoms with Gasteiger partial charge in [-0.1, -0.05) is 18.2 Å². The van der Waals surface area contributed by atoms with Crippen molar-refractivity contribution >= 4 is 11.6 Å². The Kier molecular flexibility index (Phi) is 3.90. The van der Waals surface area contributed by atoms with Gasteiger partial charge in [0.1, 0.15) is 5.75 Å². The topological polar surface area (TPSA) is 55.3 Å². The van der Waals surface area contributed by atoms with Crippen LogP contribution in [0.5, 0.6) is 5.75 Å². The van der Waals surface area contributed by atoms with E-state index in [2.05, 4.69) is 9.97 Å². The second-order valence-electron chi connectivity index (χ2n) is 5.90. The lowest BCUT2D eigenvalue weighted by Crippen LogP contribution is -2.26. The van der Waals surface area contributed by atoms with E-state index in [0.29, 0.717) is 13.0 Å². The Morgan fingerprint density at radius 2 is 2.00 bits per heavy atom. The number of carbonyl (C=O) groups excluding carboxylic acids is 1. The summed E-state index contributed by atoms with van der Waals surface area (Å²) >= 11 is 0. The molecule has 1 aromatic carbocycles. The van der Waals surface area contributed by atoms with Gasteiger partial charge in [0.15, 0.2) is 0 Å². The fourth-order valence-corrected chi connectivity index (χ4v) is 3.01. The van der Waals surface area contributed by atoms with Gasteiger partial charge in [0.25, 0.3) is 0 Å². The van der Waals surface area contributed by atoms with Crippen LogP contribution in [0.2, 0.25) is 0 Å². The first-order chi connectivity index (χ1) is 12.2. The summed E-state index contributed by atoms with van der Waals surface area (Å²) in [5.74, 6) is 0.843. The quantitative estimate of drug-likeness (QED) is 0.736. The first kappa shape index (κ1) is 15.3. The molecule has 0 unspecified atom stereocenters. The minimum atomic E-state index is 0.0518. The Balaban J connectivity index is 1.70. The number of fused-ring (bicyclic) bond motifs is 1. The lowest BCUT2D eigenvalue weighted by atomic mass is 10.1. The van der Waals surface area contributed by atoms with Crippen molar-refractivity contribution in [2.45, 2.75) is 13.0 Å². The number of aromatic nitrogens is 2. The van der Waals surface area contributed by atoms with Crippen LogP contribution in [0.25, 0.3) is 11.1 Å². The lowest BCUT2D eigenvalue weighted by molar-refractivity contribution is -0.117. The van der Waals surface area contributed by atoms with E-state index in [9.17, 15) is 4.79 Å². The molecule has 0 aliphatic carbocycles. The smallest absolute Gasteiger partial charge is 0.233 e. The van der Waals surface area contributed by atoms with Crippen molar-refractivity contribution in [3.63, 3.8) is 0 Å². The molecule has 5 heteroatoms. The third-order valence-corrected chi connectivity index (χ3v) is 4.31. The van der Waals surface area contributed by atoms with E-state index in [-0.39, 0.29) is 5.91 Å². The predicted octanol–water partition coefficient (Wildman–Crippen LogP) is 3.24. The highest BCUT2D eigenvalue weighted by atomic mass is 16.5. The molecule has 25 heavy (non-hydrogen) atoms. The molecule has 1 aliphatic heterocycles. The number of carbonyl (C=O) groups is 1. The average Bonchev–Trinajstić information content (AvgIpc) is 2.97. The second kappa shape index (κ2) is 6.36. The van der Waals surface area contributed by atoms with Crippen LogP contribution in [-0.2, 0) is 17.8 Å². The molecule has 0 bridgehead atoms. The summed E-state index contributed by atoms with van der Waals surface area (Å²) in [6.07, 6.45) is 3.88. The number of methoxy groups -OCH3 is 1. The Morgan fingerprint density at radius 1 is 1.08 bits per heavy atom. The first-order valence-corrected chi connectivity index (χ1v) is 8.08. The van der Waals surface area contributed by atoms with E-state index in [1.165, 1.54) is 0 Å². The fourth-order valence-electron chi connectivity index (χ4n) is 3.01. The molecule has 1 aliphatic rings. The number of amides is 1. The maximum atomic E-state index is 12.4. The van der Waals surface area contributed by atoms with Gasteiger partial charge in [-0.25, -0.2) is 0 Å². The summed E-state index contributed by atoms with van der Waals surface area (Å²) in [6.45, 7) is 0.454. The summed E-state index contributed by atoms with van der Waals surface area (Å²) in [5.41, 5.74) is 4.49. The van der Waals surface area contributed by atoms with Gasteiger partial charge in [-0.3, -0.25) is 14.8 Å². The maximum absolute atomic E-state index is 12.4. The Hall–Kier alpha value is -3.21. The molecule has 3 heterocycles. The summed E-state index contributed by atoms with van der Waals surface area (Å²) in [4.78, 5) is 23.0. The van der Waals surface area contributed by atoms with Gasteiger partial charge in [0.2, 0.25) is 5.91 Å². The van der Waals surface area contributed by atoms with E-state index in [1.807, 2.05) is 54.7 Å². The first-order valence-electron chi connectivity index (χ1n) is 8.08. The van der Waals surface area contributed by atoms with Crippen molar-refractivity contribution in [3.05, 3.63) is 72.3 Å². The van der Waals surface area contributed by atoms with E-state index in [4.69, 9.17) is 4.74 Å². The normalized spacial score (nSPS) is 13.0. The minimum absolute atomic E-state index is 0.0518. The Bertz CT molecular complexity index is 925. The number of nitrogens with zero attached hydrogens (tertiary/aromatic N) is 3. The molecule has 5 nitrogen and oxygen atoms in total. The largest absolute Gasteiger partial charge is 0.497 e. The highest BCUT2D eigenvalue weighted by Gasteiger charge is 2.29. The monoisotopic (exact) mass is 331 g/mol. The summed E-state index contributed by atoms with van der Waals surface area (Å²) in [6, 6.07) is 15.5. The molecule has 0 N–H and O–H groups in total. The van der Waals surface area contributed by atoms with Crippen LogP contribution >= 0.6 is 0 Å². The molecule has 1 amide bonds. The van der Waals surface area contributed by atoms with Crippen molar-refractivity contribution in [1.29, 1.82) is 0 Å². The number of anilines is 1. The predicted molar refractivity (Wildman–Crippen MR) is 95.4 cm³/mol. The number of pyridine rings is 2.